The number of rotatable bonds is 5. The first-order chi connectivity index (χ1) is 10.8. The van der Waals surface area contributed by atoms with Gasteiger partial charge in [-0.15, -0.1) is 0 Å². The molecule has 3 heteroatoms. The molecule has 3 aromatic carbocycles. The second kappa shape index (κ2) is 6.60. The monoisotopic (exact) mass is 292 g/mol. The van der Waals surface area contributed by atoms with Crippen molar-refractivity contribution in [2.24, 2.45) is 5.84 Å². The van der Waals surface area contributed by atoms with Crippen molar-refractivity contribution in [1.29, 1.82) is 0 Å². The third-order valence-electron chi connectivity index (χ3n) is 3.80. The van der Waals surface area contributed by atoms with E-state index >= 15 is 0 Å². The minimum absolute atomic E-state index is 0.702. The van der Waals surface area contributed by atoms with E-state index < -0.39 is 0 Å². The zero-order valence-electron chi connectivity index (χ0n) is 12.7. The number of hydrazine groups is 1. The SMILES string of the molecule is COc1ccc(CN(N)Cc2cccc3ccccc23)cc1. The molecule has 3 nitrogen and oxygen atoms in total. The van der Waals surface area contributed by atoms with E-state index in [0.29, 0.717) is 13.1 Å². The van der Waals surface area contributed by atoms with Crippen molar-refractivity contribution in [3.05, 3.63) is 77.9 Å². The smallest absolute Gasteiger partial charge is 0.118 e. The second-order valence-electron chi connectivity index (χ2n) is 5.39. The highest BCUT2D eigenvalue weighted by Gasteiger charge is 2.06. The normalized spacial score (nSPS) is 11.0. The highest BCUT2D eigenvalue weighted by Crippen LogP contribution is 2.20. The Morgan fingerprint density at radius 1 is 0.864 bits per heavy atom. The maximum Gasteiger partial charge on any atom is 0.118 e. The molecule has 0 aliphatic rings. The minimum atomic E-state index is 0.702. The Labute approximate surface area is 130 Å². The van der Waals surface area contributed by atoms with Gasteiger partial charge in [-0.1, -0.05) is 54.6 Å². The lowest BCUT2D eigenvalue weighted by Crippen LogP contribution is -2.29. The summed E-state index contributed by atoms with van der Waals surface area (Å²) in [5.41, 5.74) is 2.41. The molecule has 0 aliphatic carbocycles. The zero-order chi connectivity index (χ0) is 15.4. The number of benzene rings is 3. The molecule has 3 aromatic rings. The van der Waals surface area contributed by atoms with Crippen molar-refractivity contribution in [3.8, 4) is 5.75 Å². The van der Waals surface area contributed by atoms with Crippen molar-refractivity contribution in [3.63, 3.8) is 0 Å². The summed E-state index contributed by atoms with van der Waals surface area (Å²) >= 11 is 0. The van der Waals surface area contributed by atoms with Gasteiger partial charge in [0.05, 0.1) is 7.11 Å². The Bertz CT molecular complexity index is 747. The number of fused-ring (bicyclic) bond motifs is 1. The summed E-state index contributed by atoms with van der Waals surface area (Å²) in [5.74, 6) is 7.06. The van der Waals surface area contributed by atoms with Gasteiger partial charge in [0.25, 0.3) is 0 Å². The predicted molar refractivity (Wildman–Crippen MR) is 90.4 cm³/mol. The van der Waals surface area contributed by atoms with Crippen LogP contribution in [0.5, 0.6) is 5.75 Å². The number of hydrogen-bond acceptors (Lipinski definition) is 3. The second-order valence-corrected chi connectivity index (χ2v) is 5.39. The molecular formula is C19H20N2O. The van der Waals surface area contributed by atoms with Crippen LogP contribution in [0, 0.1) is 0 Å². The standard InChI is InChI=1S/C19H20N2O/c1-22-18-11-9-15(10-12-18)13-21(20)14-17-7-4-6-16-5-2-3-8-19(16)17/h2-12H,13-14,20H2,1H3. The average molecular weight is 292 g/mol. The predicted octanol–water partition coefficient (Wildman–Crippen LogP) is 3.72. The summed E-state index contributed by atoms with van der Waals surface area (Å²) in [6.45, 7) is 1.42. The van der Waals surface area contributed by atoms with E-state index in [1.807, 2.05) is 29.3 Å². The van der Waals surface area contributed by atoms with Crippen LogP contribution in [0.4, 0.5) is 0 Å². The van der Waals surface area contributed by atoms with Crippen molar-refractivity contribution < 1.29 is 4.74 Å². The topological polar surface area (TPSA) is 38.5 Å². The van der Waals surface area contributed by atoms with Crippen LogP contribution < -0.4 is 10.6 Å². The van der Waals surface area contributed by atoms with Crippen LogP contribution in [-0.2, 0) is 13.1 Å². The molecule has 0 spiro atoms. The van der Waals surface area contributed by atoms with Gasteiger partial charge in [-0.25, -0.2) is 5.01 Å². The van der Waals surface area contributed by atoms with Crippen molar-refractivity contribution >= 4 is 10.8 Å². The van der Waals surface area contributed by atoms with Crippen molar-refractivity contribution in [1.82, 2.24) is 5.01 Å². The van der Waals surface area contributed by atoms with Gasteiger partial charge in [0, 0.05) is 13.1 Å². The van der Waals surface area contributed by atoms with E-state index in [1.54, 1.807) is 7.11 Å². The van der Waals surface area contributed by atoms with Gasteiger partial charge in [0.15, 0.2) is 0 Å². The molecule has 0 atom stereocenters. The number of nitrogens with zero attached hydrogens (tertiary/aromatic N) is 1. The maximum atomic E-state index is 6.20. The fourth-order valence-electron chi connectivity index (χ4n) is 2.67. The summed E-state index contributed by atoms with van der Waals surface area (Å²) < 4.78 is 5.17. The average Bonchev–Trinajstić information content (AvgIpc) is 2.56. The van der Waals surface area contributed by atoms with E-state index in [2.05, 4.69) is 42.5 Å². The van der Waals surface area contributed by atoms with E-state index in [1.165, 1.54) is 21.9 Å². The third kappa shape index (κ3) is 3.27. The highest BCUT2D eigenvalue weighted by atomic mass is 16.5. The summed E-state index contributed by atoms with van der Waals surface area (Å²) in [6, 6.07) is 22.7. The van der Waals surface area contributed by atoms with Gasteiger partial charge >= 0.3 is 0 Å². The van der Waals surface area contributed by atoms with E-state index in [-0.39, 0.29) is 0 Å². The first-order valence-corrected chi connectivity index (χ1v) is 7.35. The Morgan fingerprint density at radius 3 is 2.36 bits per heavy atom. The molecule has 0 heterocycles. The fraction of sp³-hybridized carbons (Fsp3) is 0.158. The van der Waals surface area contributed by atoms with Gasteiger partial charge in [-0.3, -0.25) is 5.84 Å². The van der Waals surface area contributed by atoms with Crippen molar-refractivity contribution in [2.45, 2.75) is 13.1 Å². The summed E-state index contributed by atoms with van der Waals surface area (Å²) in [6.07, 6.45) is 0. The summed E-state index contributed by atoms with van der Waals surface area (Å²) in [5, 5.41) is 4.34. The molecule has 0 fully saturated rings. The van der Waals surface area contributed by atoms with Crippen LogP contribution in [0.2, 0.25) is 0 Å². The lowest BCUT2D eigenvalue weighted by molar-refractivity contribution is 0.267. The van der Waals surface area contributed by atoms with Gasteiger partial charge in [-0.2, -0.15) is 0 Å². The van der Waals surface area contributed by atoms with Gasteiger partial charge in [-0.05, 0) is 34.0 Å². The lowest BCUT2D eigenvalue weighted by Gasteiger charge is -2.18. The molecule has 0 aromatic heterocycles. The molecule has 0 saturated heterocycles. The van der Waals surface area contributed by atoms with E-state index in [0.717, 1.165) is 5.75 Å². The summed E-state index contributed by atoms with van der Waals surface area (Å²) in [7, 11) is 1.67. The molecule has 112 valence electrons. The molecular weight excluding hydrogens is 272 g/mol. The van der Waals surface area contributed by atoms with Gasteiger partial charge in [0.2, 0.25) is 0 Å². The molecule has 0 amide bonds. The van der Waals surface area contributed by atoms with Crippen LogP contribution in [0.1, 0.15) is 11.1 Å². The molecule has 0 saturated carbocycles. The first kappa shape index (κ1) is 14.6. The van der Waals surface area contributed by atoms with Gasteiger partial charge < -0.3 is 4.74 Å². The minimum Gasteiger partial charge on any atom is -0.497 e. The Hall–Kier alpha value is -2.36. The first-order valence-electron chi connectivity index (χ1n) is 7.35. The Kier molecular flexibility index (Phi) is 4.37. The third-order valence-corrected chi connectivity index (χ3v) is 3.80. The van der Waals surface area contributed by atoms with Crippen LogP contribution in [-0.4, -0.2) is 12.1 Å². The van der Waals surface area contributed by atoms with Crippen molar-refractivity contribution in [2.75, 3.05) is 7.11 Å². The van der Waals surface area contributed by atoms with Crippen LogP contribution in [0.15, 0.2) is 66.7 Å². The summed E-state index contributed by atoms with van der Waals surface area (Å²) in [4.78, 5) is 0. The van der Waals surface area contributed by atoms with Crippen LogP contribution >= 0.6 is 0 Å². The lowest BCUT2D eigenvalue weighted by atomic mass is 10.0. The Balaban J connectivity index is 1.73. The van der Waals surface area contributed by atoms with E-state index in [9.17, 15) is 0 Å². The number of nitrogens with two attached hydrogens (primary N) is 1. The highest BCUT2D eigenvalue weighted by molar-refractivity contribution is 5.85. The number of hydrogen-bond donors (Lipinski definition) is 1. The van der Waals surface area contributed by atoms with Crippen LogP contribution in [0.3, 0.4) is 0 Å². The molecule has 0 unspecified atom stereocenters. The largest absolute Gasteiger partial charge is 0.497 e. The molecule has 2 N–H and O–H groups in total. The maximum absolute atomic E-state index is 6.20. The Morgan fingerprint density at radius 2 is 1.59 bits per heavy atom. The molecule has 0 radical (unpaired) electrons. The molecule has 3 rings (SSSR count). The molecule has 0 aliphatic heterocycles. The van der Waals surface area contributed by atoms with E-state index in [4.69, 9.17) is 10.6 Å². The number of ether oxygens (including phenoxy) is 1. The number of methoxy groups -OCH3 is 1. The fourth-order valence-corrected chi connectivity index (χ4v) is 2.67. The zero-order valence-corrected chi connectivity index (χ0v) is 12.7. The van der Waals surface area contributed by atoms with Gasteiger partial charge in [0.1, 0.15) is 5.75 Å². The molecule has 0 bridgehead atoms. The van der Waals surface area contributed by atoms with Crippen LogP contribution in [0.25, 0.3) is 10.8 Å². The quantitative estimate of drug-likeness (QED) is 0.575. The molecule has 22 heavy (non-hydrogen) atoms.